The minimum absolute atomic E-state index is 0.299. The predicted octanol–water partition coefficient (Wildman–Crippen LogP) is 2.37. The largest absolute Gasteiger partial charge is 0.344 e. The third-order valence-corrected chi connectivity index (χ3v) is 3.75. The van der Waals surface area contributed by atoms with Crippen LogP contribution in [-0.4, -0.2) is 18.0 Å². The van der Waals surface area contributed by atoms with E-state index in [-0.39, 0.29) is 0 Å². The fourth-order valence-corrected chi connectivity index (χ4v) is 2.09. The van der Waals surface area contributed by atoms with Gasteiger partial charge in [-0.25, -0.2) is 5.43 Å². The summed E-state index contributed by atoms with van der Waals surface area (Å²) in [4.78, 5) is 23.3. The van der Waals surface area contributed by atoms with Crippen LogP contribution in [0.15, 0.2) is 53.6 Å². The summed E-state index contributed by atoms with van der Waals surface area (Å²) >= 11 is 2.20. The Balaban J connectivity index is 1.79. The number of hydrogen-bond acceptors (Lipinski definition) is 3. The minimum Gasteiger partial charge on any atom is -0.344 e. The van der Waals surface area contributed by atoms with Crippen LogP contribution in [0.5, 0.6) is 0 Å². The second-order valence-corrected chi connectivity index (χ2v) is 6.16. The average Bonchev–Trinajstić information content (AvgIpc) is 2.55. The summed E-state index contributed by atoms with van der Waals surface area (Å²) in [5, 5.41) is 6.32. The maximum Gasteiger partial charge on any atom is 0.329 e. The van der Waals surface area contributed by atoms with Gasteiger partial charge >= 0.3 is 11.8 Å². The number of carbonyl (C=O) groups excluding carboxylic acids is 2. The second-order valence-electron chi connectivity index (χ2n) is 4.92. The summed E-state index contributed by atoms with van der Waals surface area (Å²) in [5.74, 6) is -1.51. The number of nitrogens with zero attached hydrogens (tertiary/aromatic N) is 1. The Bertz CT molecular complexity index is 710. The van der Waals surface area contributed by atoms with E-state index in [2.05, 4.69) is 38.4 Å². The van der Waals surface area contributed by atoms with Gasteiger partial charge in [0, 0.05) is 10.1 Å². The molecule has 0 heterocycles. The molecule has 0 saturated heterocycles. The molecule has 0 aromatic heterocycles. The van der Waals surface area contributed by atoms with Gasteiger partial charge in [-0.2, -0.15) is 5.10 Å². The van der Waals surface area contributed by atoms with E-state index in [9.17, 15) is 9.59 Å². The molecule has 6 heteroatoms. The molecular formula is C17H16IN3O2. The van der Waals surface area contributed by atoms with Crippen molar-refractivity contribution >= 4 is 40.6 Å². The zero-order valence-corrected chi connectivity index (χ0v) is 14.7. The van der Waals surface area contributed by atoms with E-state index >= 15 is 0 Å². The highest BCUT2D eigenvalue weighted by Gasteiger charge is 2.11. The summed E-state index contributed by atoms with van der Waals surface area (Å²) in [6.45, 7) is 2.29. The molecule has 0 aliphatic carbocycles. The van der Waals surface area contributed by atoms with E-state index in [1.54, 1.807) is 0 Å². The van der Waals surface area contributed by atoms with E-state index in [0.717, 1.165) is 20.3 Å². The third kappa shape index (κ3) is 5.82. The van der Waals surface area contributed by atoms with Gasteiger partial charge in [-0.15, -0.1) is 0 Å². The molecule has 2 rings (SSSR count). The van der Waals surface area contributed by atoms with Crippen LogP contribution in [0.1, 0.15) is 16.7 Å². The first-order valence-electron chi connectivity index (χ1n) is 6.97. The van der Waals surface area contributed by atoms with E-state index in [4.69, 9.17) is 0 Å². The standard InChI is InChI=1S/C17H16IN3O2/c1-12-2-4-13(5-3-12)10-19-16(22)17(23)21-20-11-14-6-8-15(18)9-7-14/h2-9,11H,10H2,1H3,(H,19,22)(H,21,23). The molecule has 0 unspecified atom stereocenters. The summed E-state index contributed by atoms with van der Waals surface area (Å²) in [5.41, 5.74) is 5.12. The van der Waals surface area contributed by atoms with Crippen molar-refractivity contribution in [1.29, 1.82) is 0 Å². The topological polar surface area (TPSA) is 70.6 Å². The number of hydrazone groups is 1. The van der Waals surface area contributed by atoms with Gasteiger partial charge in [0.1, 0.15) is 0 Å². The molecule has 23 heavy (non-hydrogen) atoms. The molecule has 0 aliphatic rings. The van der Waals surface area contributed by atoms with E-state index in [1.807, 2.05) is 55.5 Å². The van der Waals surface area contributed by atoms with Crippen molar-refractivity contribution in [3.63, 3.8) is 0 Å². The Labute approximate surface area is 148 Å². The first-order chi connectivity index (χ1) is 11.0. The molecule has 0 bridgehead atoms. The molecule has 2 aromatic carbocycles. The number of benzene rings is 2. The Morgan fingerprint density at radius 2 is 1.70 bits per heavy atom. The minimum atomic E-state index is -0.793. The number of hydrogen-bond donors (Lipinski definition) is 2. The zero-order valence-electron chi connectivity index (χ0n) is 12.5. The van der Waals surface area contributed by atoms with Crippen molar-refractivity contribution in [2.75, 3.05) is 0 Å². The maximum absolute atomic E-state index is 11.7. The first kappa shape index (κ1) is 17.1. The van der Waals surface area contributed by atoms with Crippen LogP contribution < -0.4 is 10.7 Å². The molecular weight excluding hydrogens is 405 g/mol. The van der Waals surface area contributed by atoms with Gasteiger partial charge in [0.2, 0.25) is 0 Å². The summed E-state index contributed by atoms with van der Waals surface area (Å²) in [7, 11) is 0. The van der Waals surface area contributed by atoms with Crippen LogP contribution in [-0.2, 0) is 16.1 Å². The molecule has 2 N–H and O–H groups in total. The number of aryl methyl sites for hydroxylation is 1. The summed E-state index contributed by atoms with van der Waals surface area (Å²) in [6.07, 6.45) is 1.49. The molecule has 5 nitrogen and oxygen atoms in total. The Hall–Kier alpha value is -2.22. The van der Waals surface area contributed by atoms with Gasteiger partial charge in [0.25, 0.3) is 0 Å². The Morgan fingerprint density at radius 3 is 2.35 bits per heavy atom. The van der Waals surface area contributed by atoms with E-state index in [1.165, 1.54) is 6.21 Å². The fourth-order valence-electron chi connectivity index (χ4n) is 1.73. The molecule has 0 radical (unpaired) electrons. The number of carbonyl (C=O) groups is 2. The van der Waals surface area contributed by atoms with Crippen LogP contribution in [0.25, 0.3) is 0 Å². The average molecular weight is 421 g/mol. The van der Waals surface area contributed by atoms with Gasteiger partial charge in [-0.05, 0) is 52.8 Å². The zero-order chi connectivity index (χ0) is 16.7. The SMILES string of the molecule is Cc1ccc(CNC(=O)C(=O)NN=Cc2ccc(I)cc2)cc1. The highest BCUT2D eigenvalue weighted by Crippen LogP contribution is 2.04. The lowest BCUT2D eigenvalue weighted by Gasteiger charge is -2.04. The van der Waals surface area contributed by atoms with Crippen LogP contribution in [0, 0.1) is 10.5 Å². The second kappa shape index (κ2) is 8.42. The molecule has 0 spiro atoms. The van der Waals surface area contributed by atoms with Crippen LogP contribution in [0.4, 0.5) is 0 Å². The maximum atomic E-state index is 11.7. The fraction of sp³-hybridized carbons (Fsp3) is 0.118. The normalized spacial score (nSPS) is 10.5. The first-order valence-corrected chi connectivity index (χ1v) is 8.05. The highest BCUT2D eigenvalue weighted by atomic mass is 127. The van der Waals surface area contributed by atoms with Crippen molar-refractivity contribution in [2.24, 2.45) is 5.10 Å². The van der Waals surface area contributed by atoms with Crippen molar-refractivity contribution in [3.8, 4) is 0 Å². The van der Waals surface area contributed by atoms with Gasteiger partial charge in [-0.3, -0.25) is 9.59 Å². The van der Waals surface area contributed by atoms with Crippen LogP contribution in [0.2, 0.25) is 0 Å². The van der Waals surface area contributed by atoms with E-state index in [0.29, 0.717) is 6.54 Å². The van der Waals surface area contributed by atoms with Crippen molar-refractivity contribution in [1.82, 2.24) is 10.7 Å². The predicted molar refractivity (Wildman–Crippen MR) is 97.9 cm³/mol. The van der Waals surface area contributed by atoms with Crippen LogP contribution >= 0.6 is 22.6 Å². The molecule has 2 aromatic rings. The number of halogens is 1. The Kier molecular flexibility index (Phi) is 6.28. The number of nitrogens with one attached hydrogen (secondary N) is 2. The highest BCUT2D eigenvalue weighted by molar-refractivity contribution is 14.1. The molecule has 0 fully saturated rings. The molecule has 118 valence electrons. The summed E-state index contributed by atoms with van der Waals surface area (Å²) < 4.78 is 1.11. The van der Waals surface area contributed by atoms with Crippen molar-refractivity contribution < 1.29 is 9.59 Å². The monoisotopic (exact) mass is 421 g/mol. The Morgan fingerprint density at radius 1 is 1.04 bits per heavy atom. The lowest BCUT2D eigenvalue weighted by Crippen LogP contribution is -2.37. The lowest BCUT2D eigenvalue weighted by atomic mass is 10.1. The molecule has 2 amide bonds. The molecule has 0 atom stereocenters. The van der Waals surface area contributed by atoms with Gasteiger partial charge in [-0.1, -0.05) is 42.0 Å². The van der Waals surface area contributed by atoms with Crippen molar-refractivity contribution in [2.45, 2.75) is 13.5 Å². The molecule has 0 aliphatic heterocycles. The van der Waals surface area contributed by atoms with Gasteiger partial charge < -0.3 is 5.32 Å². The van der Waals surface area contributed by atoms with Gasteiger partial charge in [0.15, 0.2) is 0 Å². The summed E-state index contributed by atoms with van der Waals surface area (Å²) in [6, 6.07) is 15.3. The lowest BCUT2D eigenvalue weighted by molar-refractivity contribution is -0.139. The van der Waals surface area contributed by atoms with Crippen LogP contribution in [0.3, 0.4) is 0 Å². The third-order valence-electron chi connectivity index (χ3n) is 3.03. The van der Waals surface area contributed by atoms with Crippen molar-refractivity contribution in [3.05, 3.63) is 68.8 Å². The molecule has 0 saturated carbocycles. The van der Waals surface area contributed by atoms with Gasteiger partial charge in [0.05, 0.1) is 6.21 Å². The smallest absolute Gasteiger partial charge is 0.329 e. The van der Waals surface area contributed by atoms with E-state index < -0.39 is 11.8 Å². The number of amides is 2. The quantitative estimate of drug-likeness (QED) is 0.345. The number of rotatable bonds is 4.